The smallest absolute Gasteiger partial charge is 0.468 e. The lowest BCUT2D eigenvalue weighted by Gasteiger charge is -2.32. The molecule has 0 N–H and O–H groups in total. The van der Waals surface area contributed by atoms with Gasteiger partial charge in [-0.1, -0.05) is 12.1 Å². The minimum atomic E-state index is -3.01. The summed E-state index contributed by atoms with van der Waals surface area (Å²) in [7, 11) is 0.788. The van der Waals surface area contributed by atoms with Crippen LogP contribution in [0, 0.1) is 6.92 Å². The van der Waals surface area contributed by atoms with E-state index in [9.17, 15) is 13.6 Å². The standard InChI is InChI=1S/C28H33BF2N2O6/c1-16-18(9-7-10-19(16)29-38-27(2,3)28(4,5)39-29)24-32-20-14-22(37-26(30)31)17(13-23(20)36-24)15-33-12-8-11-21(33)25(34)35-6/h7,9-10,13-14,21,26H,8,11-12,15H2,1-6H3/t21-/m0/s1. The van der Waals surface area contributed by atoms with Gasteiger partial charge < -0.3 is 23.2 Å². The number of benzene rings is 2. The Labute approximate surface area is 226 Å². The SMILES string of the molecule is COC(=O)[C@@H]1CCCN1Cc1cc2oc(-c3cccc(B4OC(C)(C)C(C)(C)O4)c3C)nc2cc1OC(F)F. The number of fused-ring (bicyclic) bond motifs is 1. The van der Waals surface area contributed by atoms with E-state index in [4.69, 9.17) is 23.2 Å². The quantitative estimate of drug-likeness (QED) is 0.310. The molecule has 3 aromatic rings. The first kappa shape index (κ1) is 27.5. The summed E-state index contributed by atoms with van der Waals surface area (Å²) in [5.74, 6) is -0.00519. The Kier molecular flexibility index (Phi) is 7.19. The number of likely N-dealkylation sites (tertiary alicyclic amines) is 1. The minimum Gasteiger partial charge on any atom is -0.468 e. The molecule has 2 saturated heterocycles. The first-order valence-corrected chi connectivity index (χ1v) is 13.1. The third kappa shape index (κ3) is 5.15. The molecule has 0 saturated carbocycles. The van der Waals surface area contributed by atoms with Crippen molar-refractivity contribution < 1.29 is 36.8 Å². The average Bonchev–Trinajstić information content (AvgIpc) is 3.54. The number of hydrogen-bond donors (Lipinski definition) is 0. The Morgan fingerprint density at radius 3 is 2.59 bits per heavy atom. The van der Waals surface area contributed by atoms with Crippen molar-refractivity contribution in [1.29, 1.82) is 0 Å². The van der Waals surface area contributed by atoms with E-state index in [1.54, 1.807) is 6.07 Å². The third-order valence-corrected chi connectivity index (χ3v) is 8.11. The number of carbonyl (C=O) groups is 1. The molecule has 1 atom stereocenters. The summed E-state index contributed by atoms with van der Waals surface area (Å²) < 4.78 is 55.1. The van der Waals surface area contributed by atoms with Crippen LogP contribution in [-0.4, -0.2) is 60.5 Å². The van der Waals surface area contributed by atoms with Gasteiger partial charge in [0.25, 0.3) is 0 Å². The fourth-order valence-electron chi connectivity index (χ4n) is 5.19. The number of oxazole rings is 1. The predicted molar refractivity (Wildman–Crippen MR) is 142 cm³/mol. The zero-order chi connectivity index (χ0) is 28.1. The highest BCUT2D eigenvalue weighted by molar-refractivity contribution is 6.62. The molecule has 2 aliphatic rings. The van der Waals surface area contributed by atoms with Crippen molar-refractivity contribution >= 4 is 29.7 Å². The molecule has 0 radical (unpaired) electrons. The highest BCUT2D eigenvalue weighted by Crippen LogP contribution is 2.38. The van der Waals surface area contributed by atoms with Crippen LogP contribution in [0.4, 0.5) is 8.78 Å². The maximum Gasteiger partial charge on any atom is 0.495 e. The molecule has 2 aromatic carbocycles. The molecule has 0 unspecified atom stereocenters. The van der Waals surface area contributed by atoms with Crippen molar-refractivity contribution in [2.45, 2.75) is 77.9 Å². The Balaban J connectivity index is 1.50. The molecule has 208 valence electrons. The van der Waals surface area contributed by atoms with E-state index >= 15 is 0 Å². The molecule has 39 heavy (non-hydrogen) atoms. The van der Waals surface area contributed by atoms with Gasteiger partial charge in [-0.2, -0.15) is 8.78 Å². The van der Waals surface area contributed by atoms with E-state index in [-0.39, 0.29) is 18.3 Å². The number of hydrogen-bond acceptors (Lipinski definition) is 8. The molecular weight excluding hydrogens is 509 g/mol. The number of aromatic nitrogens is 1. The van der Waals surface area contributed by atoms with Crippen LogP contribution in [0.15, 0.2) is 34.7 Å². The van der Waals surface area contributed by atoms with Gasteiger partial charge in [-0.15, -0.1) is 0 Å². The van der Waals surface area contributed by atoms with Crippen LogP contribution in [0.1, 0.15) is 51.7 Å². The number of esters is 1. The van der Waals surface area contributed by atoms with Crippen molar-refractivity contribution in [2.24, 2.45) is 0 Å². The number of rotatable bonds is 7. The van der Waals surface area contributed by atoms with Crippen LogP contribution in [0.2, 0.25) is 0 Å². The number of alkyl halides is 2. The molecule has 0 aliphatic carbocycles. The van der Waals surface area contributed by atoms with Crippen molar-refractivity contribution in [3.8, 4) is 17.2 Å². The van der Waals surface area contributed by atoms with Gasteiger partial charge in [0, 0.05) is 23.7 Å². The van der Waals surface area contributed by atoms with Crippen LogP contribution >= 0.6 is 0 Å². The van der Waals surface area contributed by atoms with Crippen LogP contribution in [0.25, 0.3) is 22.6 Å². The van der Waals surface area contributed by atoms with Gasteiger partial charge in [0.05, 0.1) is 18.3 Å². The summed E-state index contributed by atoms with van der Waals surface area (Å²) in [6.07, 6.45) is 1.45. The Bertz CT molecular complexity index is 1380. The highest BCUT2D eigenvalue weighted by atomic mass is 19.3. The van der Waals surface area contributed by atoms with Gasteiger partial charge in [-0.3, -0.25) is 9.69 Å². The normalized spacial score (nSPS) is 20.7. The predicted octanol–water partition coefficient (Wildman–Crippen LogP) is 4.84. The van der Waals surface area contributed by atoms with Crippen molar-refractivity contribution in [3.05, 3.63) is 41.5 Å². The Hall–Kier alpha value is -3.02. The van der Waals surface area contributed by atoms with Gasteiger partial charge in [-0.25, -0.2) is 4.98 Å². The molecule has 2 fully saturated rings. The summed E-state index contributed by atoms with van der Waals surface area (Å²) >= 11 is 0. The summed E-state index contributed by atoms with van der Waals surface area (Å²) in [6.45, 7) is 7.79. The first-order chi connectivity index (χ1) is 18.4. The second-order valence-corrected chi connectivity index (χ2v) is 11.1. The minimum absolute atomic E-state index is 0.00411. The van der Waals surface area contributed by atoms with Crippen molar-refractivity contribution in [1.82, 2.24) is 9.88 Å². The fourth-order valence-corrected chi connectivity index (χ4v) is 5.19. The monoisotopic (exact) mass is 542 g/mol. The average molecular weight is 542 g/mol. The number of ether oxygens (including phenoxy) is 2. The molecule has 0 spiro atoms. The summed E-state index contributed by atoms with van der Waals surface area (Å²) in [5.41, 5.74) is 2.79. The third-order valence-electron chi connectivity index (χ3n) is 8.11. The number of halogens is 2. The first-order valence-electron chi connectivity index (χ1n) is 13.1. The van der Waals surface area contributed by atoms with Crippen molar-refractivity contribution in [2.75, 3.05) is 13.7 Å². The second-order valence-electron chi connectivity index (χ2n) is 11.1. The van der Waals surface area contributed by atoms with Crippen molar-refractivity contribution in [3.63, 3.8) is 0 Å². The van der Waals surface area contributed by atoms with E-state index in [1.807, 2.05) is 57.7 Å². The van der Waals surface area contributed by atoms with Crippen LogP contribution in [0.5, 0.6) is 5.75 Å². The molecule has 8 nitrogen and oxygen atoms in total. The second kappa shape index (κ2) is 10.2. The fraction of sp³-hybridized carbons (Fsp3) is 0.500. The van der Waals surface area contributed by atoms with E-state index < -0.39 is 31.0 Å². The molecule has 0 amide bonds. The molecule has 1 aromatic heterocycles. The van der Waals surface area contributed by atoms with Crippen LogP contribution in [0.3, 0.4) is 0 Å². The number of nitrogens with zero attached hydrogens (tertiary/aromatic N) is 2. The topological polar surface area (TPSA) is 83.3 Å². The maximum atomic E-state index is 13.3. The van der Waals surface area contributed by atoms with E-state index in [1.165, 1.54) is 13.2 Å². The molecule has 5 rings (SSSR count). The molecular formula is C28H33BF2N2O6. The molecule has 3 heterocycles. The largest absolute Gasteiger partial charge is 0.495 e. The van der Waals surface area contributed by atoms with Gasteiger partial charge >= 0.3 is 19.7 Å². The van der Waals surface area contributed by atoms with Crippen LogP contribution in [-0.2, 0) is 25.4 Å². The Morgan fingerprint density at radius 1 is 1.21 bits per heavy atom. The summed E-state index contributed by atoms with van der Waals surface area (Å²) in [6, 6.07) is 8.40. The van der Waals surface area contributed by atoms with E-state index in [0.717, 1.165) is 23.0 Å². The number of methoxy groups -OCH3 is 1. The zero-order valence-electron chi connectivity index (χ0n) is 23.0. The summed E-state index contributed by atoms with van der Waals surface area (Å²) in [4.78, 5) is 18.7. The zero-order valence-corrected chi connectivity index (χ0v) is 23.0. The van der Waals surface area contributed by atoms with Gasteiger partial charge in [0.1, 0.15) is 17.3 Å². The van der Waals surface area contributed by atoms with Gasteiger partial charge in [0.15, 0.2) is 5.58 Å². The van der Waals surface area contributed by atoms with E-state index in [0.29, 0.717) is 35.5 Å². The molecule has 11 heteroatoms. The molecule has 0 bridgehead atoms. The number of carbonyl (C=O) groups excluding carboxylic acids is 1. The van der Waals surface area contributed by atoms with Crippen LogP contribution < -0.4 is 10.2 Å². The lowest BCUT2D eigenvalue weighted by atomic mass is 9.75. The maximum absolute atomic E-state index is 13.3. The molecule has 2 aliphatic heterocycles. The summed E-state index contributed by atoms with van der Waals surface area (Å²) in [5, 5.41) is 0. The van der Waals surface area contributed by atoms with E-state index in [2.05, 4.69) is 4.98 Å². The Morgan fingerprint density at radius 2 is 1.92 bits per heavy atom. The highest BCUT2D eigenvalue weighted by Gasteiger charge is 2.52. The van der Waals surface area contributed by atoms with Gasteiger partial charge in [0.2, 0.25) is 5.89 Å². The lowest BCUT2D eigenvalue weighted by Crippen LogP contribution is -2.41. The van der Waals surface area contributed by atoms with Gasteiger partial charge in [-0.05, 0) is 77.2 Å². The lowest BCUT2D eigenvalue weighted by molar-refractivity contribution is -0.146.